The van der Waals surface area contributed by atoms with Crippen LogP contribution in [0.2, 0.25) is 0 Å². The predicted octanol–water partition coefficient (Wildman–Crippen LogP) is 4.23. The van der Waals surface area contributed by atoms with Gasteiger partial charge < -0.3 is 10.2 Å². The molecule has 0 radical (unpaired) electrons. The molecule has 1 unspecified atom stereocenters. The third-order valence-corrected chi connectivity index (χ3v) is 5.36. The Morgan fingerprint density at radius 1 is 0.909 bits per heavy atom. The van der Waals surface area contributed by atoms with Crippen LogP contribution in [0.4, 0.5) is 0 Å². The molecule has 0 aromatic heterocycles. The smallest absolute Gasteiger partial charge is 0.115 e. The minimum absolute atomic E-state index is 0.148. The first kappa shape index (κ1) is 13.4. The molecule has 4 rings (SSSR count). The van der Waals surface area contributed by atoms with Gasteiger partial charge in [-0.05, 0) is 84.7 Å². The van der Waals surface area contributed by atoms with Crippen LogP contribution in [-0.4, -0.2) is 10.2 Å². The molecule has 2 N–H and O–H groups in total. The van der Waals surface area contributed by atoms with Crippen LogP contribution in [0.3, 0.4) is 0 Å². The molecule has 2 aliphatic rings. The van der Waals surface area contributed by atoms with Gasteiger partial charge in [-0.25, -0.2) is 0 Å². The highest BCUT2D eigenvalue weighted by Crippen LogP contribution is 2.53. The van der Waals surface area contributed by atoms with E-state index in [1.54, 1.807) is 12.1 Å². The molecule has 0 amide bonds. The van der Waals surface area contributed by atoms with Gasteiger partial charge in [0.2, 0.25) is 0 Å². The molecule has 2 aliphatic carbocycles. The Balaban J connectivity index is 1.80. The molecular formula is C20H20O2. The standard InChI is InChI=1S/C20H20O2/c1-2-19-18-6-5-17(22)9-13(18)7-8-20(19)11-14-3-4-16(21)10-15(14)12-20/h2-6,9-10,21-22H,7-8,11-12H2,1H3/b19-2+. The topological polar surface area (TPSA) is 40.5 Å². The summed E-state index contributed by atoms with van der Waals surface area (Å²) in [4.78, 5) is 0. The summed E-state index contributed by atoms with van der Waals surface area (Å²) in [7, 11) is 0. The maximum absolute atomic E-state index is 9.75. The van der Waals surface area contributed by atoms with Gasteiger partial charge in [-0.3, -0.25) is 0 Å². The first-order valence-corrected chi connectivity index (χ1v) is 7.91. The van der Waals surface area contributed by atoms with E-state index >= 15 is 0 Å². The van der Waals surface area contributed by atoms with Gasteiger partial charge in [-0.1, -0.05) is 18.2 Å². The number of aryl methyl sites for hydroxylation is 1. The van der Waals surface area contributed by atoms with E-state index in [4.69, 9.17) is 0 Å². The fourth-order valence-electron chi connectivity index (χ4n) is 4.41. The van der Waals surface area contributed by atoms with E-state index in [1.165, 1.54) is 27.8 Å². The predicted molar refractivity (Wildman–Crippen MR) is 88.0 cm³/mol. The van der Waals surface area contributed by atoms with E-state index in [1.807, 2.05) is 12.1 Å². The van der Waals surface area contributed by atoms with E-state index in [0.29, 0.717) is 11.5 Å². The second kappa shape index (κ2) is 4.64. The third kappa shape index (κ3) is 1.87. The fourth-order valence-corrected chi connectivity index (χ4v) is 4.41. The molecule has 22 heavy (non-hydrogen) atoms. The number of hydrogen-bond acceptors (Lipinski definition) is 2. The van der Waals surface area contributed by atoms with Crippen molar-refractivity contribution in [2.75, 3.05) is 0 Å². The molecule has 2 nitrogen and oxygen atoms in total. The van der Waals surface area contributed by atoms with Crippen molar-refractivity contribution in [3.05, 3.63) is 64.7 Å². The minimum Gasteiger partial charge on any atom is -0.508 e. The lowest BCUT2D eigenvalue weighted by Gasteiger charge is -2.38. The van der Waals surface area contributed by atoms with Crippen LogP contribution in [0.25, 0.3) is 5.57 Å². The SMILES string of the molecule is C/C=C1\c2ccc(O)cc2CCC12Cc1ccc(O)cc1C2. The van der Waals surface area contributed by atoms with Crippen molar-refractivity contribution in [2.45, 2.75) is 32.6 Å². The van der Waals surface area contributed by atoms with Crippen LogP contribution < -0.4 is 0 Å². The van der Waals surface area contributed by atoms with Crippen molar-refractivity contribution in [2.24, 2.45) is 5.41 Å². The first-order valence-electron chi connectivity index (χ1n) is 7.91. The van der Waals surface area contributed by atoms with Gasteiger partial charge in [0.25, 0.3) is 0 Å². The van der Waals surface area contributed by atoms with Gasteiger partial charge in [0, 0.05) is 5.41 Å². The molecule has 1 atom stereocenters. The molecule has 0 saturated heterocycles. The molecule has 2 heteroatoms. The molecule has 0 saturated carbocycles. The maximum atomic E-state index is 9.75. The quantitative estimate of drug-likeness (QED) is 0.762. The largest absolute Gasteiger partial charge is 0.508 e. The van der Waals surface area contributed by atoms with Crippen molar-refractivity contribution in [1.82, 2.24) is 0 Å². The van der Waals surface area contributed by atoms with Gasteiger partial charge in [0.1, 0.15) is 11.5 Å². The van der Waals surface area contributed by atoms with E-state index < -0.39 is 0 Å². The van der Waals surface area contributed by atoms with E-state index in [-0.39, 0.29) is 5.41 Å². The molecule has 1 spiro atoms. The van der Waals surface area contributed by atoms with Crippen LogP contribution in [0.1, 0.15) is 35.6 Å². The van der Waals surface area contributed by atoms with E-state index in [0.717, 1.165) is 25.7 Å². The fraction of sp³-hybridized carbons (Fsp3) is 0.300. The van der Waals surface area contributed by atoms with Crippen LogP contribution in [0, 0.1) is 5.41 Å². The van der Waals surface area contributed by atoms with Crippen molar-refractivity contribution in [3.63, 3.8) is 0 Å². The number of aromatic hydroxyl groups is 2. The van der Waals surface area contributed by atoms with Crippen LogP contribution in [0.5, 0.6) is 11.5 Å². The number of phenolic OH excluding ortho intramolecular Hbond substituents is 2. The summed E-state index contributed by atoms with van der Waals surface area (Å²) in [5, 5.41) is 19.5. The highest BCUT2D eigenvalue weighted by atomic mass is 16.3. The second-order valence-electron chi connectivity index (χ2n) is 6.63. The Hall–Kier alpha value is -2.22. The zero-order valence-corrected chi connectivity index (χ0v) is 12.8. The zero-order chi connectivity index (χ0) is 15.3. The van der Waals surface area contributed by atoms with Crippen molar-refractivity contribution < 1.29 is 10.2 Å². The maximum Gasteiger partial charge on any atom is 0.115 e. The summed E-state index contributed by atoms with van der Waals surface area (Å²) >= 11 is 0. The molecule has 112 valence electrons. The average molecular weight is 292 g/mol. The average Bonchev–Trinajstić information content (AvgIpc) is 2.85. The van der Waals surface area contributed by atoms with Crippen molar-refractivity contribution in [1.29, 1.82) is 0 Å². The molecule has 2 aromatic rings. The summed E-state index contributed by atoms with van der Waals surface area (Å²) in [5.74, 6) is 0.712. The normalized spacial score (nSPS) is 24.5. The van der Waals surface area contributed by atoms with Crippen LogP contribution >= 0.6 is 0 Å². The molecule has 0 aliphatic heterocycles. The summed E-state index contributed by atoms with van der Waals surface area (Å²) in [5.41, 5.74) is 6.71. The lowest BCUT2D eigenvalue weighted by molar-refractivity contribution is 0.378. The Morgan fingerprint density at radius 3 is 2.36 bits per heavy atom. The molecule has 0 fully saturated rings. The Kier molecular flexibility index (Phi) is 2.83. The second-order valence-corrected chi connectivity index (χ2v) is 6.63. The first-order chi connectivity index (χ1) is 10.6. The summed E-state index contributed by atoms with van der Waals surface area (Å²) in [6.07, 6.45) is 6.37. The monoisotopic (exact) mass is 292 g/mol. The summed E-state index contributed by atoms with van der Waals surface area (Å²) < 4.78 is 0. The number of hydrogen-bond donors (Lipinski definition) is 2. The van der Waals surface area contributed by atoms with Gasteiger partial charge >= 0.3 is 0 Å². The lowest BCUT2D eigenvalue weighted by atomic mass is 9.66. The Labute approximate surface area is 130 Å². The number of allylic oxidation sites excluding steroid dienone is 2. The Bertz CT molecular complexity index is 788. The highest BCUT2D eigenvalue weighted by Gasteiger charge is 2.43. The summed E-state index contributed by atoms with van der Waals surface area (Å²) in [6, 6.07) is 11.5. The van der Waals surface area contributed by atoms with Crippen LogP contribution in [0.15, 0.2) is 42.5 Å². The lowest BCUT2D eigenvalue weighted by Crippen LogP contribution is -2.28. The third-order valence-electron chi connectivity index (χ3n) is 5.36. The van der Waals surface area contributed by atoms with Crippen molar-refractivity contribution >= 4 is 5.57 Å². The van der Waals surface area contributed by atoms with E-state index in [2.05, 4.69) is 25.1 Å². The minimum atomic E-state index is 0.148. The summed E-state index contributed by atoms with van der Waals surface area (Å²) in [6.45, 7) is 2.11. The number of rotatable bonds is 0. The number of fused-ring (bicyclic) bond motifs is 2. The molecule has 0 heterocycles. The Morgan fingerprint density at radius 2 is 1.59 bits per heavy atom. The van der Waals surface area contributed by atoms with Crippen LogP contribution in [-0.2, 0) is 19.3 Å². The number of benzene rings is 2. The highest BCUT2D eigenvalue weighted by molar-refractivity contribution is 5.76. The van der Waals surface area contributed by atoms with Gasteiger partial charge in [-0.15, -0.1) is 0 Å². The van der Waals surface area contributed by atoms with Gasteiger partial charge in [-0.2, -0.15) is 0 Å². The van der Waals surface area contributed by atoms with Crippen molar-refractivity contribution in [3.8, 4) is 11.5 Å². The van der Waals surface area contributed by atoms with Gasteiger partial charge in [0.15, 0.2) is 0 Å². The van der Waals surface area contributed by atoms with Gasteiger partial charge in [0.05, 0.1) is 0 Å². The molecular weight excluding hydrogens is 272 g/mol. The molecule has 2 aromatic carbocycles. The number of phenols is 2. The molecule has 0 bridgehead atoms. The zero-order valence-electron chi connectivity index (χ0n) is 12.8. The van der Waals surface area contributed by atoms with E-state index in [9.17, 15) is 10.2 Å².